The van der Waals surface area contributed by atoms with E-state index in [9.17, 15) is 8.42 Å². The van der Waals surface area contributed by atoms with Crippen molar-refractivity contribution in [2.75, 3.05) is 33.4 Å². The Bertz CT molecular complexity index is 1020. The molecule has 174 valence electrons. The van der Waals surface area contributed by atoms with Crippen LogP contribution in [0.4, 0.5) is 0 Å². The van der Waals surface area contributed by atoms with Crippen LogP contribution in [0, 0.1) is 5.92 Å². The fraction of sp³-hybridized carbons (Fsp3) is 0.520. The number of nitrogens with zero attached hydrogens (tertiary/aromatic N) is 1. The Kier molecular flexibility index (Phi) is 6.96. The molecule has 2 aromatic rings. The molecule has 0 saturated carbocycles. The standard InChI is InChI=1S/C25H33NO5S/c1-18-7-5-14-26(17-18)15-6-16-30-21-12-10-20(11-13-21)24-19(2)32(27,28)23-9-4-8-22(29-3)25(23)31-24/h4,8-13,18-19,24H,5-7,14-17H2,1-3H3/t18-,19?,24?/m0/s1. The van der Waals surface area contributed by atoms with Crippen LogP contribution in [-0.2, 0) is 9.84 Å². The van der Waals surface area contributed by atoms with Crippen molar-refractivity contribution < 1.29 is 22.6 Å². The van der Waals surface area contributed by atoms with Crippen LogP contribution >= 0.6 is 0 Å². The third-order valence-corrected chi connectivity index (χ3v) is 8.63. The topological polar surface area (TPSA) is 65.1 Å². The summed E-state index contributed by atoms with van der Waals surface area (Å²) in [5.74, 6) is 2.28. The maximum atomic E-state index is 13.1. The summed E-state index contributed by atoms with van der Waals surface area (Å²) in [7, 11) is -2.02. The molecular formula is C25H33NO5S. The van der Waals surface area contributed by atoms with Gasteiger partial charge in [0.15, 0.2) is 21.3 Å². The normalized spacial score (nSPS) is 24.9. The van der Waals surface area contributed by atoms with Gasteiger partial charge < -0.3 is 19.1 Å². The first kappa shape index (κ1) is 22.9. The van der Waals surface area contributed by atoms with Crippen molar-refractivity contribution in [1.82, 2.24) is 4.90 Å². The Balaban J connectivity index is 1.39. The second-order valence-corrected chi connectivity index (χ2v) is 11.2. The largest absolute Gasteiger partial charge is 0.494 e. The second kappa shape index (κ2) is 9.71. The number of sulfone groups is 1. The van der Waals surface area contributed by atoms with Gasteiger partial charge in [-0.3, -0.25) is 0 Å². The zero-order valence-corrected chi connectivity index (χ0v) is 19.9. The Morgan fingerprint density at radius 3 is 2.62 bits per heavy atom. The van der Waals surface area contributed by atoms with Crippen LogP contribution in [0.15, 0.2) is 47.4 Å². The number of piperidine rings is 1. The SMILES string of the molecule is COc1cccc2c1OC(c1ccc(OCCCN3CCC[C@H](C)C3)cc1)C(C)S2(=O)=O. The number of benzene rings is 2. The fourth-order valence-corrected chi connectivity index (χ4v) is 6.26. The molecule has 1 fully saturated rings. The van der Waals surface area contributed by atoms with E-state index in [2.05, 4.69) is 11.8 Å². The molecule has 2 aliphatic heterocycles. The van der Waals surface area contributed by atoms with Crippen LogP contribution < -0.4 is 14.2 Å². The first-order valence-electron chi connectivity index (χ1n) is 11.4. The fourth-order valence-electron chi connectivity index (χ4n) is 4.64. The summed E-state index contributed by atoms with van der Waals surface area (Å²) in [6.07, 6.45) is 3.00. The Labute approximate surface area is 191 Å². The number of methoxy groups -OCH3 is 1. The molecule has 0 aliphatic carbocycles. The minimum Gasteiger partial charge on any atom is -0.494 e. The predicted molar refractivity (Wildman–Crippen MR) is 124 cm³/mol. The van der Waals surface area contributed by atoms with E-state index < -0.39 is 21.2 Å². The number of ether oxygens (including phenoxy) is 3. The molecule has 0 spiro atoms. The quantitative estimate of drug-likeness (QED) is 0.569. The molecule has 1 saturated heterocycles. The molecule has 2 aliphatic rings. The third-order valence-electron chi connectivity index (χ3n) is 6.47. The number of likely N-dealkylation sites (tertiary alicyclic amines) is 1. The third kappa shape index (κ3) is 4.74. The molecule has 7 heteroatoms. The van der Waals surface area contributed by atoms with E-state index in [4.69, 9.17) is 14.2 Å². The van der Waals surface area contributed by atoms with Gasteiger partial charge in [0.05, 0.1) is 13.7 Å². The van der Waals surface area contributed by atoms with E-state index in [-0.39, 0.29) is 10.6 Å². The summed E-state index contributed by atoms with van der Waals surface area (Å²) < 4.78 is 43.6. The number of para-hydroxylation sites is 1. The van der Waals surface area contributed by atoms with Gasteiger partial charge in [0.2, 0.25) is 0 Å². The molecule has 6 nitrogen and oxygen atoms in total. The molecule has 0 bridgehead atoms. The molecule has 0 aromatic heterocycles. The highest BCUT2D eigenvalue weighted by Crippen LogP contribution is 2.45. The molecule has 0 amide bonds. The monoisotopic (exact) mass is 459 g/mol. The van der Waals surface area contributed by atoms with Crippen molar-refractivity contribution in [2.45, 2.75) is 49.4 Å². The van der Waals surface area contributed by atoms with Crippen molar-refractivity contribution in [3.8, 4) is 17.2 Å². The smallest absolute Gasteiger partial charge is 0.188 e. The highest BCUT2D eigenvalue weighted by atomic mass is 32.2. The van der Waals surface area contributed by atoms with E-state index in [1.165, 1.54) is 33.0 Å². The summed E-state index contributed by atoms with van der Waals surface area (Å²) in [4.78, 5) is 2.71. The number of hydrogen-bond acceptors (Lipinski definition) is 6. The molecule has 2 aromatic carbocycles. The van der Waals surface area contributed by atoms with Crippen molar-refractivity contribution in [2.24, 2.45) is 5.92 Å². The number of rotatable bonds is 7. The van der Waals surface area contributed by atoms with E-state index in [0.29, 0.717) is 12.4 Å². The van der Waals surface area contributed by atoms with E-state index in [0.717, 1.165) is 30.2 Å². The van der Waals surface area contributed by atoms with Gasteiger partial charge in [0.1, 0.15) is 22.0 Å². The average molecular weight is 460 g/mol. The van der Waals surface area contributed by atoms with Crippen molar-refractivity contribution in [3.05, 3.63) is 48.0 Å². The van der Waals surface area contributed by atoms with Crippen molar-refractivity contribution in [1.29, 1.82) is 0 Å². The van der Waals surface area contributed by atoms with Gasteiger partial charge in [0.25, 0.3) is 0 Å². The van der Waals surface area contributed by atoms with Crippen LogP contribution in [-0.4, -0.2) is 51.9 Å². The highest BCUT2D eigenvalue weighted by molar-refractivity contribution is 7.92. The molecule has 32 heavy (non-hydrogen) atoms. The lowest BCUT2D eigenvalue weighted by atomic mass is 10.0. The zero-order valence-electron chi connectivity index (χ0n) is 19.1. The predicted octanol–water partition coefficient (Wildman–Crippen LogP) is 4.49. The lowest BCUT2D eigenvalue weighted by Gasteiger charge is -2.32. The van der Waals surface area contributed by atoms with E-state index in [1.807, 2.05) is 24.3 Å². The van der Waals surface area contributed by atoms with Crippen LogP contribution in [0.5, 0.6) is 17.2 Å². The summed E-state index contributed by atoms with van der Waals surface area (Å²) in [5, 5.41) is -0.708. The van der Waals surface area contributed by atoms with E-state index in [1.54, 1.807) is 25.1 Å². The van der Waals surface area contributed by atoms with Gasteiger partial charge in [-0.15, -0.1) is 0 Å². The Hall–Kier alpha value is -2.25. The molecular weight excluding hydrogens is 426 g/mol. The Morgan fingerprint density at radius 2 is 1.91 bits per heavy atom. The first-order valence-corrected chi connectivity index (χ1v) is 13.0. The van der Waals surface area contributed by atoms with Gasteiger partial charge in [0, 0.05) is 13.1 Å². The Morgan fingerprint density at radius 1 is 1.12 bits per heavy atom. The van der Waals surface area contributed by atoms with Crippen molar-refractivity contribution in [3.63, 3.8) is 0 Å². The molecule has 3 atom stereocenters. The van der Waals surface area contributed by atoms with Gasteiger partial charge in [-0.05, 0) is 68.5 Å². The number of fused-ring (bicyclic) bond motifs is 1. The van der Waals surface area contributed by atoms with E-state index >= 15 is 0 Å². The molecule has 2 heterocycles. The van der Waals surface area contributed by atoms with Crippen LogP contribution in [0.2, 0.25) is 0 Å². The summed E-state index contributed by atoms with van der Waals surface area (Å²) in [5.41, 5.74) is 0.798. The van der Waals surface area contributed by atoms with Gasteiger partial charge >= 0.3 is 0 Å². The van der Waals surface area contributed by atoms with Crippen LogP contribution in [0.1, 0.15) is 44.8 Å². The van der Waals surface area contributed by atoms with Crippen molar-refractivity contribution >= 4 is 9.84 Å². The lowest BCUT2D eigenvalue weighted by Crippen LogP contribution is -2.35. The van der Waals surface area contributed by atoms with Crippen LogP contribution in [0.3, 0.4) is 0 Å². The van der Waals surface area contributed by atoms with Gasteiger partial charge in [-0.2, -0.15) is 0 Å². The average Bonchev–Trinajstić information content (AvgIpc) is 2.79. The zero-order chi connectivity index (χ0) is 22.7. The summed E-state index contributed by atoms with van der Waals surface area (Å²) >= 11 is 0. The maximum Gasteiger partial charge on any atom is 0.188 e. The number of hydrogen-bond donors (Lipinski definition) is 0. The highest BCUT2D eigenvalue weighted by Gasteiger charge is 2.41. The summed E-state index contributed by atoms with van der Waals surface area (Å²) in [6.45, 7) is 8.12. The molecule has 0 N–H and O–H groups in total. The van der Waals surface area contributed by atoms with Gasteiger partial charge in [-0.25, -0.2) is 8.42 Å². The minimum atomic E-state index is -3.53. The van der Waals surface area contributed by atoms with Gasteiger partial charge in [-0.1, -0.05) is 25.1 Å². The molecule has 2 unspecified atom stereocenters. The van der Waals surface area contributed by atoms with Crippen LogP contribution in [0.25, 0.3) is 0 Å². The minimum absolute atomic E-state index is 0.184. The lowest BCUT2D eigenvalue weighted by molar-refractivity contribution is 0.170. The maximum absolute atomic E-state index is 13.1. The second-order valence-electron chi connectivity index (χ2n) is 8.90. The first-order chi connectivity index (χ1) is 15.4. The molecule has 4 rings (SSSR count). The summed E-state index contributed by atoms with van der Waals surface area (Å²) in [6, 6.07) is 12.5. The molecule has 0 radical (unpaired) electrons.